The Morgan fingerprint density at radius 2 is 1.68 bits per heavy atom. The summed E-state index contributed by atoms with van der Waals surface area (Å²) in [5.74, 6) is -3.31. The largest absolute Gasteiger partial charge is 0.493 e. The highest BCUT2D eigenvalue weighted by atomic mass is 35.5. The fourth-order valence-corrected chi connectivity index (χ4v) is 8.73. The number of hydrogen-bond acceptors (Lipinski definition) is 8. The minimum atomic E-state index is -4.70. The summed E-state index contributed by atoms with van der Waals surface area (Å²) in [7, 11) is 2.87. The minimum Gasteiger partial charge on any atom is -0.493 e. The zero-order chi connectivity index (χ0) is 33.8. The maximum Gasteiger partial charge on any atom is 0.416 e. The molecule has 0 saturated carbocycles. The maximum atomic E-state index is 14.1. The Bertz CT molecular complexity index is 2000. The molecule has 0 unspecified atom stereocenters. The molecule has 1 saturated heterocycles. The van der Waals surface area contributed by atoms with Gasteiger partial charge in [0, 0.05) is 16.5 Å². The van der Waals surface area contributed by atoms with Gasteiger partial charge >= 0.3 is 11.0 Å². The molecular formula is C31H22Cl2F3N3O6S2. The fourth-order valence-electron chi connectivity index (χ4n) is 5.65. The third kappa shape index (κ3) is 5.99. The number of nitrogens with zero attached hydrogens (tertiary/aromatic N) is 2. The van der Waals surface area contributed by atoms with Gasteiger partial charge in [0.1, 0.15) is 11.8 Å². The second kappa shape index (κ2) is 12.6. The van der Waals surface area contributed by atoms with Crippen LogP contribution >= 0.6 is 46.3 Å². The predicted molar refractivity (Wildman–Crippen MR) is 172 cm³/mol. The standard InChI is InChI=1S/C31H22Cl2F3N3O6S2/c1-44-20-9-6-14(10-21(20)45-2)23-24-25(28(42)39(27(24)41)17-5-3-4-15(11-17)31(34,35)36)46-29-26(23)47-30(43)38(29)13-22(40)37-16-7-8-18(32)19(33)12-16/h3-12,23-25H,13H2,1-2H3,(H,37,40)/t23-,24-,25+/m0/s1. The molecule has 0 radical (unpaired) electrons. The molecule has 3 aromatic carbocycles. The van der Waals surface area contributed by atoms with Crippen LogP contribution in [0.5, 0.6) is 11.5 Å². The van der Waals surface area contributed by atoms with Crippen molar-refractivity contribution in [3.05, 3.63) is 96.4 Å². The summed E-state index contributed by atoms with van der Waals surface area (Å²) < 4.78 is 52.7. The van der Waals surface area contributed by atoms with Crippen molar-refractivity contribution in [3.63, 3.8) is 0 Å². The van der Waals surface area contributed by atoms with Crippen LogP contribution in [0.1, 0.15) is 21.9 Å². The molecule has 1 fully saturated rings. The number of methoxy groups -OCH3 is 2. The summed E-state index contributed by atoms with van der Waals surface area (Å²) in [5.41, 5.74) is -0.404. The molecule has 3 heterocycles. The summed E-state index contributed by atoms with van der Waals surface area (Å²) in [6, 6.07) is 13.4. The van der Waals surface area contributed by atoms with Gasteiger partial charge in [0.15, 0.2) is 11.5 Å². The average Bonchev–Trinajstić information content (AvgIpc) is 3.48. The Kier molecular flexibility index (Phi) is 8.81. The third-order valence-corrected chi connectivity index (χ3v) is 11.1. The second-order valence-electron chi connectivity index (χ2n) is 10.5. The van der Waals surface area contributed by atoms with Crippen molar-refractivity contribution in [2.24, 2.45) is 5.92 Å². The van der Waals surface area contributed by atoms with E-state index >= 15 is 0 Å². The number of halogens is 5. The van der Waals surface area contributed by atoms with Crippen molar-refractivity contribution in [2.75, 3.05) is 24.4 Å². The number of carbonyl (C=O) groups is 3. The molecule has 0 aliphatic carbocycles. The highest BCUT2D eigenvalue weighted by Gasteiger charge is 2.57. The normalized spacial score (nSPS) is 19.0. The first-order valence-electron chi connectivity index (χ1n) is 13.7. The van der Waals surface area contributed by atoms with E-state index in [9.17, 15) is 32.3 Å². The topological polar surface area (TPSA) is 107 Å². The molecule has 6 rings (SSSR count). The van der Waals surface area contributed by atoms with Crippen LogP contribution in [0.4, 0.5) is 24.5 Å². The Morgan fingerprint density at radius 1 is 0.936 bits per heavy atom. The van der Waals surface area contributed by atoms with Crippen LogP contribution in [0.15, 0.2) is 70.5 Å². The van der Waals surface area contributed by atoms with Crippen LogP contribution in [-0.2, 0) is 27.1 Å². The van der Waals surface area contributed by atoms with E-state index in [4.69, 9.17) is 32.7 Å². The number of hydrogen-bond donors (Lipinski definition) is 1. The number of benzene rings is 3. The van der Waals surface area contributed by atoms with E-state index in [1.165, 1.54) is 43.1 Å². The van der Waals surface area contributed by atoms with Gasteiger partial charge < -0.3 is 14.8 Å². The first kappa shape index (κ1) is 32.9. The van der Waals surface area contributed by atoms with Gasteiger partial charge in [-0.3, -0.25) is 23.7 Å². The Hall–Kier alpha value is -3.98. The van der Waals surface area contributed by atoms with Gasteiger partial charge in [0.05, 0.1) is 46.5 Å². The van der Waals surface area contributed by atoms with Crippen LogP contribution in [-0.4, -0.2) is 41.8 Å². The molecule has 4 aromatic rings. The second-order valence-corrected chi connectivity index (χ2v) is 13.5. The van der Waals surface area contributed by atoms with Gasteiger partial charge in [-0.25, -0.2) is 4.90 Å². The lowest BCUT2D eigenvalue weighted by atomic mass is 9.83. The van der Waals surface area contributed by atoms with E-state index in [1.807, 2.05) is 0 Å². The predicted octanol–water partition coefficient (Wildman–Crippen LogP) is 6.69. The van der Waals surface area contributed by atoms with Crippen molar-refractivity contribution in [2.45, 2.75) is 28.9 Å². The van der Waals surface area contributed by atoms with E-state index in [2.05, 4.69) is 5.32 Å². The number of aromatic nitrogens is 1. The van der Waals surface area contributed by atoms with Crippen LogP contribution in [0, 0.1) is 5.92 Å². The molecule has 47 heavy (non-hydrogen) atoms. The highest BCUT2D eigenvalue weighted by Crippen LogP contribution is 2.54. The summed E-state index contributed by atoms with van der Waals surface area (Å²) in [4.78, 5) is 55.2. The molecule has 0 spiro atoms. The molecule has 16 heteroatoms. The zero-order valence-electron chi connectivity index (χ0n) is 24.3. The van der Waals surface area contributed by atoms with Crippen molar-refractivity contribution in [3.8, 4) is 11.5 Å². The molecule has 1 N–H and O–H groups in total. The number of amides is 3. The molecule has 2 aliphatic heterocycles. The smallest absolute Gasteiger partial charge is 0.416 e. The van der Waals surface area contributed by atoms with Crippen LogP contribution in [0.25, 0.3) is 0 Å². The minimum absolute atomic E-state index is 0.212. The van der Waals surface area contributed by atoms with Gasteiger partial charge in [-0.15, -0.1) is 0 Å². The van der Waals surface area contributed by atoms with E-state index in [-0.39, 0.29) is 20.8 Å². The number of fused-ring (bicyclic) bond motifs is 2. The first-order chi connectivity index (χ1) is 22.3. The van der Waals surface area contributed by atoms with E-state index in [0.29, 0.717) is 27.6 Å². The van der Waals surface area contributed by atoms with Gasteiger partial charge in [0.2, 0.25) is 17.7 Å². The number of thioether (sulfide) groups is 1. The highest BCUT2D eigenvalue weighted by molar-refractivity contribution is 8.00. The molecule has 2 aliphatic rings. The lowest BCUT2D eigenvalue weighted by Crippen LogP contribution is -2.33. The number of rotatable bonds is 7. The Morgan fingerprint density at radius 3 is 2.36 bits per heavy atom. The van der Waals surface area contributed by atoms with Crippen molar-refractivity contribution < 1.29 is 37.0 Å². The number of ether oxygens (including phenoxy) is 2. The molecule has 3 amide bonds. The van der Waals surface area contributed by atoms with E-state index in [0.717, 1.165) is 46.2 Å². The monoisotopic (exact) mass is 723 g/mol. The number of anilines is 2. The van der Waals surface area contributed by atoms with Crippen molar-refractivity contribution >= 4 is 75.4 Å². The molecule has 9 nitrogen and oxygen atoms in total. The van der Waals surface area contributed by atoms with Crippen molar-refractivity contribution in [1.82, 2.24) is 4.57 Å². The van der Waals surface area contributed by atoms with Crippen LogP contribution < -0.4 is 24.6 Å². The SMILES string of the molecule is COc1ccc([C@@H]2c3sc(=O)n(CC(=O)Nc4ccc(Cl)c(Cl)c4)c3S[C@H]3C(=O)N(c4cccc(C(F)(F)F)c4)C(=O)[C@@H]23)cc1OC. The molecular weight excluding hydrogens is 702 g/mol. The average molecular weight is 725 g/mol. The first-order valence-corrected chi connectivity index (χ1v) is 16.2. The quantitative estimate of drug-likeness (QED) is 0.212. The summed E-state index contributed by atoms with van der Waals surface area (Å²) in [5, 5.41) is 2.33. The molecule has 1 aromatic heterocycles. The van der Waals surface area contributed by atoms with E-state index in [1.54, 1.807) is 18.2 Å². The molecule has 0 bridgehead atoms. The summed E-state index contributed by atoms with van der Waals surface area (Å²) in [6.45, 7) is -0.437. The number of alkyl halides is 3. The lowest BCUT2D eigenvalue weighted by Gasteiger charge is -2.31. The summed E-state index contributed by atoms with van der Waals surface area (Å²) in [6.07, 6.45) is -4.70. The Labute approximate surface area is 283 Å². The number of thiazole rings is 1. The van der Waals surface area contributed by atoms with Gasteiger partial charge in [0.25, 0.3) is 0 Å². The number of carbonyl (C=O) groups excluding carboxylic acids is 3. The fraction of sp³-hybridized carbons (Fsp3) is 0.226. The number of nitrogens with one attached hydrogen (secondary N) is 1. The molecule has 3 atom stereocenters. The van der Waals surface area contributed by atoms with E-state index < -0.39 is 58.0 Å². The van der Waals surface area contributed by atoms with Gasteiger partial charge in [-0.05, 0) is 54.1 Å². The van der Waals surface area contributed by atoms with Crippen molar-refractivity contribution in [1.29, 1.82) is 0 Å². The molecule has 244 valence electrons. The lowest BCUT2D eigenvalue weighted by molar-refractivity contribution is -0.137. The van der Waals surface area contributed by atoms with Gasteiger partial charge in [-0.1, -0.05) is 58.4 Å². The summed E-state index contributed by atoms with van der Waals surface area (Å²) >= 11 is 13.8. The van der Waals surface area contributed by atoms with Crippen LogP contribution in [0.2, 0.25) is 10.0 Å². The number of imide groups is 1. The maximum absolute atomic E-state index is 14.1. The van der Waals surface area contributed by atoms with Crippen LogP contribution in [0.3, 0.4) is 0 Å². The zero-order valence-corrected chi connectivity index (χ0v) is 27.4. The van der Waals surface area contributed by atoms with Gasteiger partial charge in [-0.2, -0.15) is 13.2 Å². The Balaban J connectivity index is 1.43. The third-order valence-electron chi connectivity index (χ3n) is 7.75.